The van der Waals surface area contributed by atoms with E-state index in [1.807, 2.05) is 0 Å². The number of H-pyrrole nitrogens is 1. The molecule has 2 unspecified atom stereocenters. The van der Waals surface area contributed by atoms with Gasteiger partial charge in [-0.1, -0.05) is 0 Å². The third kappa shape index (κ3) is 4.22. The first-order valence-corrected chi connectivity index (χ1v) is 8.79. The topological polar surface area (TPSA) is 75.5 Å². The van der Waals surface area contributed by atoms with Crippen molar-refractivity contribution in [2.24, 2.45) is 5.92 Å². The number of aromatic nitrogens is 1. The second-order valence-corrected chi connectivity index (χ2v) is 7.19. The summed E-state index contributed by atoms with van der Waals surface area (Å²) < 4.78 is 36.8. The maximum absolute atomic E-state index is 13.4. The maximum atomic E-state index is 13.4. The minimum atomic E-state index is -2.55. The zero-order chi connectivity index (χ0) is 18.0. The number of rotatable bonds is 3. The fourth-order valence-corrected chi connectivity index (χ4v) is 4.11. The standard InChI is InChI=1S/C17H24F2N2O4/c1-24-16(23)21-7-4-12(14-10-15(22)20-25-14)9-13(21)8-11-2-5-17(18,19)6-3-11/h10-13H,2-9H2,1H3,(H,20,22). The van der Waals surface area contributed by atoms with Crippen molar-refractivity contribution in [1.29, 1.82) is 0 Å². The van der Waals surface area contributed by atoms with Gasteiger partial charge in [0.2, 0.25) is 5.92 Å². The Morgan fingerprint density at radius 1 is 1.40 bits per heavy atom. The highest BCUT2D eigenvalue weighted by atomic mass is 19.3. The van der Waals surface area contributed by atoms with E-state index in [4.69, 9.17) is 9.26 Å². The van der Waals surface area contributed by atoms with Gasteiger partial charge in [-0.2, -0.15) is 5.16 Å². The zero-order valence-electron chi connectivity index (χ0n) is 14.3. The van der Waals surface area contributed by atoms with Crippen LogP contribution in [0.5, 0.6) is 0 Å². The Kier molecular flexibility index (Phi) is 5.15. The third-order valence-corrected chi connectivity index (χ3v) is 5.51. The van der Waals surface area contributed by atoms with Crippen molar-refractivity contribution < 1.29 is 22.8 Å². The SMILES string of the molecule is COC(=O)N1CCC(c2cc(=O)[nH]o2)CC1CC1CCC(F)(F)CC1. The van der Waals surface area contributed by atoms with Crippen LogP contribution in [-0.4, -0.2) is 41.8 Å². The number of hydrogen-bond donors (Lipinski definition) is 1. The molecule has 0 bridgehead atoms. The molecule has 1 aromatic heterocycles. The molecule has 0 spiro atoms. The molecule has 1 saturated heterocycles. The van der Waals surface area contributed by atoms with Crippen LogP contribution in [0, 0.1) is 5.92 Å². The molecule has 1 aliphatic carbocycles. The Bertz CT molecular complexity index is 647. The average molecular weight is 358 g/mol. The minimum Gasteiger partial charge on any atom is -0.453 e. The van der Waals surface area contributed by atoms with Crippen LogP contribution in [0.2, 0.25) is 0 Å². The van der Waals surface area contributed by atoms with Gasteiger partial charge in [-0.05, 0) is 38.0 Å². The monoisotopic (exact) mass is 358 g/mol. The molecule has 140 valence electrons. The Morgan fingerprint density at radius 2 is 2.12 bits per heavy atom. The lowest BCUT2D eigenvalue weighted by atomic mass is 9.79. The summed E-state index contributed by atoms with van der Waals surface area (Å²) in [6.07, 6.45) is 2.39. The second kappa shape index (κ2) is 7.17. The van der Waals surface area contributed by atoms with Crippen molar-refractivity contribution in [3.63, 3.8) is 0 Å². The van der Waals surface area contributed by atoms with Crippen LogP contribution in [0.4, 0.5) is 13.6 Å². The van der Waals surface area contributed by atoms with E-state index in [0.29, 0.717) is 44.4 Å². The van der Waals surface area contributed by atoms with E-state index in [2.05, 4.69) is 5.16 Å². The van der Waals surface area contributed by atoms with Crippen molar-refractivity contribution in [1.82, 2.24) is 10.1 Å². The van der Waals surface area contributed by atoms with Crippen molar-refractivity contribution in [3.05, 3.63) is 22.2 Å². The number of carbonyl (C=O) groups excluding carboxylic acids is 1. The highest BCUT2D eigenvalue weighted by molar-refractivity contribution is 5.68. The molecule has 6 nitrogen and oxygen atoms in total. The summed E-state index contributed by atoms with van der Waals surface area (Å²) in [5.41, 5.74) is -0.281. The molecule has 0 aromatic carbocycles. The number of halogens is 2. The molecule has 1 saturated carbocycles. The minimum absolute atomic E-state index is 0.0369. The van der Waals surface area contributed by atoms with Gasteiger partial charge in [0.25, 0.3) is 5.56 Å². The number of likely N-dealkylation sites (tertiary alicyclic amines) is 1. The first-order valence-electron chi connectivity index (χ1n) is 8.79. The Balaban J connectivity index is 1.69. The summed E-state index contributed by atoms with van der Waals surface area (Å²) in [6.45, 7) is 0.500. The quantitative estimate of drug-likeness (QED) is 0.897. The lowest BCUT2D eigenvalue weighted by Gasteiger charge is -2.40. The van der Waals surface area contributed by atoms with E-state index in [9.17, 15) is 18.4 Å². The van der Waals surface area contributed by atoms with Gasteiger partial charge in [0.1, 0.15) is 5.76 Å². The second-order valence-electron chi connectivity index (χ2n) is 7.19. The zero-order valence-corrected chi connectivity index (χ0v) is 14.3. The van der Waals surface area contributed by atoms with E-state index in [1.54, 1.807) is 4.90 Å². The van der Waals surface area contributed by atoms with Crippen molar-refractivity contribution in [3.8, 4) is 0 Å². The number of methoxy groups -OCH3 is 1. The molecule has 0 radical (unpaired) electrons. The molecule has 1 amide bonds. The Morgan fingerprint density at radius 3 is 2.72 bits per heavy atom. The van der Waals surface area contributed by atoms with Gasteiger partial charge in [0.05, 0.1) is 7.11 Å². The van der Waals surface area contributed by atoms with Gasteiger partial charge >= 0.3 is 6.09 Å². The van der Waals surface area contributed by atoms with E-state index < -0.39 is 5.92 Å². The Labute approximate surface area is 144 Å². The van der Waals surface area contributed by atoms with Gasteiger partial charge in [-0.3, -0.25) is 4.79 Å². The van der Waals surface area contributed by atoms with Crippen LogP contribution in [-0.2, 0) is 4.74 Å². The molecule has 3 rings (SSSR count). The first kappa shape index (κ1) is 17.9. The van der Waals surface area contributed by atoms with Crippen LogP contribution >= 0.6 is 0 Å². The summed E-state index contributed by atoms with van der Waals surface area (Å²) in [4.78, 5) is 25.1. The molecule has 25 heavy (non-hydrogen) atoms. The normalized spacial score (nSPS) is 27.2. The molecule has 8 heteroatoms. The number of carbonyl (C=O) groups is 1. The molecule has 1 aliphatic heterocycles. The number of ether oxygens (including phenoxy) is 1. The number of nitrogens with one attached hydrogen (secondary N) is 1. The molecular weight excluding hydrogens is 334 g/mol. The predicted molar refractivity (Wildman–Crippen MR) is 85.7 cm³/mol. The van der Waals surface area contributed by atoms with Crippen molar-refractivity contribution in [2.75, 3.05) is 13.7 Å². The van der Waals surface area contributed by atoms with Gasteiger partial charge in [-0.15, -0.1) is 0 Å². The number of alkyl halides is 2. The number of hydrogen-bond acceptors (Lipinski definition) is 4. The summed E-state index contributed by atoms with van der Waals surface area (Å²) in [5.74, 6) is -1.75. The van der Waals surface area contributed by atoms with Crippen LogP contribution in [0.1, 0.15) is 56.6 Å². The van der Waals surface area contributed by atoms with E-state index in [-0.39, 0.29) is 42.4 Å². The summed E-state index contributed by atoms with van der Waals surface area (Å²) in [6, 6.07) is 1.35. The van der Waals surface area contributed by atoms with Crippen LogP contribution < -0.4 is 5.56 Å². The summed E-state index contributed by atoms with van der Waals surface area (Å²) >= 11 is 0. The van der Waals surface area contributed by atoms with E-state index in [0.717, 1.165) is 0 Å². The number of piperidine rings is 1. The van der Waals surface area contributed by atoms with Crippen LogP contribution in [0.25, 0.3) is 0 Å². The number of aromatic amines is 1. The summed E-state index contributed by atoms with van der Waals surface area (Å²) in [5, 5.41) is 2.30. The fraction of sp³-hybridized carbons (Fsp3) is 0.765. The first-order chi connectivity index (χ1) is 11.9. The molecule has 2 heterocycles. The molecule has 1 N–H and O–H groups in total. The maximum Gasteiger partial charge on any atom is 0.409 e. The molecule has 2 atom stereocenters. The molecule has 1 aromatic rings. The van der Waals surface area contributed by atoms with Crippen molar-refractivity contribution >= 4 is 6.09 Å². The van der Waals surface area contributed by atoms with Gasteiger partial charge < -0.3 is 14.2 Å². The van der Waals surface area contributed by atoms with E-state index in [1.165, 1.54) is 13.2 Å². The lowest BCUT2D eigenvalue weighted by molar-refractivity contribution is -0.0498. The lowest BCUT2D eigenvalue weighted by Crippen LogP contribution is -2.46. The molecular formula is C17H24F2N2O4. The Hall–Kier alpha value is -1.86. The molecule has 2 aliphatic rings. The molecule has 2 fully saturated rings. The van der Waals surface area contributed by atoms with Crippen LogP contribution in [0.15, 0.2) is 15.4 Å². The highest BCUT2D eigenvalue weighted by Crippen LogP contribution is 2.41. The van der Waals surface area contributed by atoms with Gasteiger partial charge in [0.15, 0.2) is 0 Å². The highest BCUT2D eigenvalue weighted by Gasteiger charge is 2.39. The largest absolute Gasteiger partial charge is 0.453 e. The van der Waals surface area contributed by atoms with Gasteiger partial charge in [-0.25, -0.2) is 13.6 Å². The fourth-order valence-electron chi connectivity index (χ4n) is 4.11. The average Bonchev–Trinajstić information content (AvgIpc) is 3.02. The number of amides is 1. The van der Waals surface area contributed by atoms with Crippen molar-refractivity contribution in [2.45, 2.75) is 62.8 Å². The smallest absolute Gasteiger partial charge is 0.409 e. The van der Waals surface area contributed by atoms with E-state index >= 15 is 0 Å². The number of nitrogens with zero attached hydrogens (tertiary/aromatic N) is 1. The third-order valence-electron chi connectivity index (χ3n) is 5.51. The summed E-state index contributed by atoms with van der Waals surface area (Å²) in [7, 11) is 1.35. The van der Waals surface area contributed by atoms with Gasteiger partial charge in [0, 0.05) is 37.4 Å². The van der Waals surface area contributed by atoms with Crippen LogP contribution in [0.3, 0.4) is 0 Å². The predicted octanol–water partition coefficient (Wildman–Crippen LogP) is 3.50.